The first-order valence-electron chi connectivity index (χ1n) is 8.99. The Bertz CT molecular complexity index is 1320. The molecule has 0 aliphatic rings. The summed E-state index contributed by atoms with van der Waals surface area (Å²) in [6, 6.07) is 20.7. The molecule has 30 heavy (non-hydrogen) atoms. The van der Waals surface area contributed by atoms with Crippen LogP contribution in [0.5, 0.6) is 5.75 Å². The molecule has 1 heterocycles. The summed E-state index contributed by atoms with van der Waals surface area (Å²) < 4.78 is 11.3. The predicted octanol–water partition coefficient (Wildman–Crippen LogP) is 6.39. The van der Waals surface area contributed by atoms with Gasteiger partial charge in [-0.15, -0.1) is 0 Å². The Labute approximate surface area is 181 Å². The van der Waals surface area contributed by atoms with Gasteiger partial charge in [0.25, 0.3) is 0 Å². The van der Waals surface area contributed by atoms with Crippen LogP contribution in [0, 0.1) is 0 Å². The molecule has 0 amide bonds. The Hall–Kier alpha value is -3.34. The van der Waals surface area contributed by atoms with Crippen LogP contribution in [0.15, 0.2) is 88.1 Å². The number of fused-ring (bicyclic) bond motifs is 1. The van der Waals surface area contributed by atoms with Gasteiger partial charge in [-0.25, -0.2) is 4.79 Å². The lowest BCUT2D eigenvalue weighted by Gasteiger charge is -2.11. The van der Waals surface area contributed by atoms with Gasteiger partial charge in [-0.05, 0) is 42.0 Å². The van der Waals surface area contributed by atoms with Gasteiger partial charge in [0.05, 0.1) is 10.4 Å². The SMILES string of the molecule is O=C(C=Cc1ccccc1)Oc1c(-c2ccc(Cl)cc2Cl)oc2ccccc2c1=O. The van der Waals surface area contributed by atoms with Crippen LogP contribution >= 0.6 is 23.2 Å². The van der Waals surface area contributed by atoms with Gasteiger partial charge >= 0.3 is 5.97 Å². The van der Waals surface area contributed by atoms with Crippen molar-refractivity contribution in [2.24, 2.45) is 0 Å². The zero-order valence-electron chi connectivity index (χ0n) is 15.5. The van der Waals surface area contributed by atoms with E-state index in [1.54, 1.807) is 42.5 Å². The third-order valence-electron chi connectivity index (χ3n) is 4.35. The first kappa shape index (κ1) is 20.0. The second kappa shape index (κ2) is 8.57. The first-order chi connectivity index (χ1) is 14.5. The molecule has 6 heteroatoms. The Balaban J connectivity index is 1.81. The lowest BCUT2D eigenvalue weighted by Crippen LogP contribution is -2.14. The Morgan fingerprint density at radius 3 is 2.43 bits per heavy atom. The molecule has 0 fully saturated rings. The maximum Gasteiger partial charge on any atom is 0.336 e. The molecule has 4 rings (SSSR count). The van der Waals surface area contributed by atoms with Crippen LogP contribution in [-0.4, -0.2) is 5.97 Å². The number of rotatable bonds is 4. The quantitative estimate of drug-likeness (QED) is 0.274. The van der Waals surface area contributed by atoms with E-state index in [1.165, 1.54) is 12.1 Å². The number of esters is 1. The number of para-hydroxylation sites is 1. The van der Waals surface area contributed by atoms with Crippen molar-refractivity contribution in [1.29, 1.82) is 0 Å². The van der Waals surface area contributed by atoms with Gasteiger partial charge in [0.2, 0.25) is 11.2 Å². The molecular formula is C24H14Cl2O4. The molecule has 4 nitrogen and oxygen atoms in total. The summed E-state index contributed by atoms with van der Waals surface area (Å²) in [5.74, 6) is -0.893. The van der Waals surface area contributed by atoms with Crippen molar-refractivity contribution in [3.05, 3.63) is 105 Å². The third-order valence-corrected chi connectivity index (χ3v) is 4.89. The van der Waals surface area contributed by atoms with Crippen LogP contribution in [0.2, 0.25) is 10.0 Å². The number of carbonyl (C=O) groups is 1. The zero-order valence-corrected chi connectivity index (χ0v) is 17.0. The van der Waals surface area contributed by atoms with E-state index in [9.17, 15) is 9.59 Å². The number of ether oxygens (including phenoxy) is 1. The fraction of sp³-hybridized carbons (Fsp3) is 0. The molecule has 0 unspecified atom stereocenters. The van der Waals surface area contributed by atoms with Crippen molar-refractivity contribution in [2.75, 3.05) is 0 Å². The minimum atomic E-state index is -0.715. The summed E-state index contributed by atoms with van der Waals surface area (Å²) in [6.45, 7) is 0. The Kier molecular flexibility index (Phi) is 5.70. The average molecular weight is 437 g/mol. The van der Waals surface area contributed by atoms with Crippen LogP contribution in [0.4, 0.5) is 0 Å². The van der Waals surface area contributed by atoms with Crippen LogP contribution < -0.4 is 10.2 Å². The molecule has 0 bridgehead atoms. The molecular weight excluding hydrogens is 423 g/mol. The second-order valence-electron chi connectivity index (χ2n) is 6.37. The topological polar surface area (TPSA) is 56.5 Å². The van der Waals surface area contributed by atoms with Crippen LogP contribution in [0.1, 0.15) is 5.56 Å². The molecule has 1 aromatic heterocycles. The largest absolute Gasteiger partial charge is 0.452 e. The van der Waals surface area contributed by atoms with Gasteiger partial charge in [0, 0.05) is 16.7 Å². The van der Waals surface area contributed by atoms with Crippen LogP contribution in [0.3, 0.4) is 0 Å². The van der Waals surface area contributed by atoms with Gasteiger partial charge in [-0.1, -0.05) is 65.7 Å². The summed E-state index contributed by atoms with van der Waals surface area (Å²) in [4.78, 5) is 25.5. The van der Waals surface area contributed by atoms with E-state index >= 15 is 0 Å². The molecule has 0 N–H and O–H groups in total. The minimum Gasteiger partial charge on any atom is -0.452 e. The van der Waals surface area contributed by atoms with Crippen molar-refractivity contribution >= 4 is 46.2 Å². The van der Waals surface area contributed by atoms with Crippen LogP contribution in [0.25, 0.3) is 28.4 Å². The lowest BCUT2D eigenvalue weighted by atomic mass is 10.1. The molecule has 0 saturated heterocycles. The van der Waals surface area contributed by atoms with Gasteiger partial charge in [0.1, 0.15) is 5.58 Å². The van der Waals surface area contributed by atoms with Gasteiger partial charge < -0.3 is 9.15 Å². The fourth-order valence-corrected chi connectivity index (χ4v) is 3.43. The van der Waals surface area contributed by atoms with Crippen molar-refractivity contribution in [3.63, 3.8) is 0 Å². The van der Waals surface area contributed by atoms with Crippen molar-refractivity contribution < 1.29 is 13.9 Å². The highest BCUT2D eigenvalue weighted by Gasteiger charge is 2.21. The first-order valence-corrected chi connectivity index (χ1v) is 9.75. The number of hydrogen-bond acceptors (Lipinski definition) is 4. The molecule has 3 aromatic carbocycles. The monoisotopic (exact) mass is 436 g/mol. The molecule has 0 saturated carbocycles. The van der Waals surface area contributed by atoms with E-state index in [0.29, 0.717) is 21.6 Å². The van der Waals surface area contributed by atoms with E-state index in [1.807, 2.05) is 30.3 Å². The number of carbonyl (C=O) groups excluding carboxylic acids is 1. The van der Waals surface area contributed by atoms with E-state index in [0.717, 1.165) is 5.56 Å². The van der Waals surface area contributed by atoms with E-state index < -0.39 is 11.4 Å². The molecule has 0 atom stereocenters. The molecule has 0 aliphatic heterocycles. The maximum atomic E-state index is 13.1. The number of benzene rings is 3. The molecule has 4 aromatic rings. The number of hydrogen-bond donors (Lipinski definition) is 0. The van der Waals surface area contributed by atoms with Gasteiger partial charge in [-0.2, -0.15) is 0 Å². The number of halogens is 2. The molecule has 148 valence electrons. The minimum absolute atomic E-state index is 0.0572. The Morgan fingerprint density at radius 2 is 1.67 bits per heavy atom. The summed E-state index contributed by atoms with van der Waals surface area (Å²) in [5, 5.41) is 0.982. The highest BCUT2D eigenvalue weighted by Crippen LogP contribution is 2.36. The fourth-order valence-electron chi connectivity index (χ4n) is 2.93. The average Bonchev–Trinajstić information content (AvgIpc) is 2.75. The van der Waals surface area contributed by atoms with Gasteiger partial charge in [-0.3, -0.25) is 4.79 Å². The lowest BCUT2D eigenvalue weighted by molar-refractivity contribution is -0.129. The maximum absolute atomic E-state index is 13.1. The second-order valence-corrected chi connectivity index (χ2v) is 7.22. The summed E-state index contributed by atoms with van der Waals surface area (Å²) in [5.41, 5.74) is 1.09. The van der Waals surface area contributed by atoms with Crippen molar-refractivity contribution in [1.82, 2.24) is 0 Å². The summed E-state index contributed by atoms with van der Waals surface area (Å²) in [6.07, 6.45) is 2.84. The molecule has 0 spiro atoms. The van der Waals surface area contributed by atoms with Gasteiger partial charge in [0.15, 0.2) is 5.76 Å². The predicted molar refractivity (Wildman–Crippen MR) is 119 cm³/mol. The normalized spacial score (nSPS) is 11.1. The highest BCUT2D eigenvalue weighted by atomic mass is 35.5. The van der Waals surface area contributed by atoms with Crippen molar-refractivity contribution in [3.8, 4) is 17.1 Å². The van der Waals surface area contributed by atoms with Crippen molar-refractivity contribution in [2.45, 2.75) is 0 Å². The summed E-state index contributed by atoms with van der Waals surface area (Å²) in [7, 11) is 0. The highest BCUT2D eigenvalue weighted by molar-refractivity contribution is 6.36. The zero-order chi connectivity index (χ0) is 21.1. The standard InChI is InChI=1S/C24H14Cl2O4/c25-16-11-12-17(19(26)14-16)23-24(22(28)18-8-4-5-9-20(18)29-23)30-21(27)13-10-15-6-2-1-3-7-15/h1-14H. The van der Waals surface area contributed by atoms with E-state index in [2.05, 4.69) is 0 Å². The Morgan fingerprint density at radius 1 is 0.933 bits per heavy atom. The third kappa shape index (κ3) is 4.15. The van der Waals surface area contributed by atoms with E-state index in [4.69, 9.17) is 32.4 Å². The van der Waals surface area contributed by atoms with Crippen LogP contribution in [-0.2, 0) is 4.79 Å². The summed E-state index contributed by atoms with van der Waals surface area (Å²) >= 11 is 12.3. The molecule has 0 radical (unpaired) electrons. The smallest absolute Gasteiger partial charge is 0.336 e. The van der Waals surface area contributed by atoms with E-state index in [-0.39, 0.29) is 16.5 Å². The molecule has 0 aliphatic carbocycles.